The van der Waals surface area contributed by atoms with Gasteiger partial charge in [-0.1, -0.05) is 53.7 Å². The van der Waals surface area contributed by atoms with Crippen molar-refractivity contribution in [3.63, 3.8) is 0 Å². The van der Waals surface area contributed by atoms with Crippen molar-refractivity contribution in [1.82, 2.24) is 10.3 Å². The van der Waals surface area contributed by atoms with Gasteiger partial charge < -0.3 is 15.2 Å². The van der Waals surface area contributed by atoms with Crippen LogP contribution < -0.4 is 10.1 Å². The van der Waals surface area contributed by atoms with Gasteiger partial charge in [0.2, 0.25) is 5.88 Å². The molecular weight excluding hydrogens is 531 g/mol. The lowest BCUT2D eigenvalue weighted by Crippen LogP contribution is -2.50. The summed E-state index contributed by atoms with van der Waals surface area (Å²) >= 11 is 8.90. The highest BCUT2D eigenvalue weighted by molar-refractivity contribution is 8.04. The Kier molecular flexibility index (Phi) is 7.24. The number of carbonyl (C=O) groups excluding carboxylic acids is 1. The van der Waals surface area contributed by atoms with Gasteiger partial charge in [0.25, 0.3) is 5.91 Å². The average molecular weight is 553 g/mol. The van der Waals surface area contributed by atoms with Crippen LogP contribution in [0.25, 0.3) is 0 Å². The molecule has 188 valence electrons. The molecule has 2 atom stereocenters. The first-order chi connectivity index (χ1) is 17.9. The van der Waals surface area contributed by atoms with Crippen molar-refractivity contribution in [1.29, 1.82) is 0 Å². The summed E-state index contributed by atoms with van der Waals surface area (Å²) in [5.41, 5.74) is 1.03. The number of benzene rings is 2. The van der Waals surface area contributed by atoms with Crippen molar-refractivity contribution >= 4 is 40.6 Å². The van der Waals surface area contributed by atoms with Crippen LogP contribution >= 0.6 is 34.7 Å². The molecule has 4 aromatic rings. The highest BCUT2D eigenvalue weighted by atomic mass is 35.5. The van der Waals surface area contributed by atoms with Crippen molar-refractivity contribution < 1.29 is 19.0 Å². The van der Waals surface area contributed by atoms with Gasteiger partial charge in [0.05, 0.1) is 10.7 Å². The van der Waals surface area contributed by atoms with Gasteiger partial charge in [-0.15, -0.1) is 0 Å². The number of pyridine rings is 1. The monoisotopic (exact) mass is 552 g/mol. The maximum Gasteiger partial charge on any atom is 0.262 e. The molecule has 2 aromatic heterocycles. The molecule has 0 saturated carbocycles. The van der Waals surface area contributed by atoms with E-state index in [0.717, 1.165) is 22.9 Å². The van der Waals surface area contributed by atoms with Crippen LogP contribution in [0, 0.1) is 5.82 Å². The van der Waals surface area contributed by atoms with E-state index < -0.39 is 11.4 Å². The number of amides is 1. The van der Waals surface area contributed by atoms with E-state index in [1.807, 2.05) is 29.8 Å². The van der Waals surface area contributed by atoms with E-state index in [-0.39, 0.29) is 29.0 Å². The van der Waals surface area contributed by atoms with Crippen molar-refractivity contribution in [2.45, 2.75) is 29.9 Å². The molecule has 9 heteroatoms. The summed E-state index contributed by atoms with van der Waals surface area (Å²) < 4.78 is 19.4. The van der Waals surface area contributed by atoms with Crippen molar-refractivity contribution in [3.8, 4) is 5.88 Å². The second kappa shape index (κ2) is 10.6. The summed E-state index contributed by atoms with van der Waals surface area (Å²) in [5, 5.41) is 18.6. The predicted octanol–water partition coefficient (Wildman–Crippen LogP) is 7.40. The number of nitrogens with one attached hydrogen (secondary N) is 1. The van der Waals surface area contributed by atoms with Gasteiger partial charge >= 0.3 is 0 Å². The molecule has 1 aliphatic heterocycles. The number of nitrogens with zero attached hydrogens (tertiary/aromatic N) is 1. The Morgan fingerprint density at radius 2 is 1.92 bits per heavy atom. The Morgan fingerprint density at radius 3 is 2.62 bits per heavy atom. The van der Waals surface area contributed by atoms with Crippen molar-refractivity contribution in [2.24, 2.45) is 0 Å². The Bertz CT molecular complexity index is 1460. The molecule has 0 spiro atoms. The second-order valence-corrected chi connectivity index (χ2v) is 10.8. The first-order valence-electron chi connectivity index (χ1n) is 11.4. The number of carbonyl (C=O) groups is 1. The number of thioether (sulfide) groups is 1. The minimum Gasteiger partial charge on any atom is -0.511 e. The standard InChI is InChI=1S/C28H22ClFN2O3S2/c1-17(18-9-11-20(30)12-10-18)35-25-8-4-7-24(31-25)28(19-13-14-36-16-19)15-22(33)26(27(34)32-28)37-23-6-3-2-5-21(23)29/h2-14,16-17,33H,15H2,1H3,(H,32,34). The van der Waals surface area contributed by atoms with Crippen LogP contribution in [0.4, 0.5) is 4.39 Å². The second-order valence-electron chi connectivity index (χ2n) is 8.53. The zero-order valence-corrected chi connectivity index (χ0v) is 22.0. The van der Waals surface area contributed by atoms with Gasteiger partial charge in [-0.2, -0.15) is 11.3 Å². The summed E-state index contributed by atoms with van der Waals surface area (Å²) in [5.74, 6) is -0.444. The molecule has 37 heavy (non-hydrogen) atoms. The quantitative estimate of drug-likeness (QED) is 0.250. The first kappa shape index (κ1) is 25.3. The van der Waals surface area contributed by atoms with Gasteiger partial charge in [-0.05, 0) is 65.2 Å². The highest BCUT2D eigenvalue weighted by Gasteiger charge is 2.44. The Balaban J connectivity index is 1.49. The molecule has 0 fully saturated rings. The molecule has 3 heterocycles. The Morgan fingerprint density at radius 1 is 1.14 bits per heavy atom. The molecule has 5 nitrogen and oxygen atoms in total. The highest BCUT2D eigenvalue weighted by Crippen LogP contribution is 2.44. The SMILES string of the molecule is CC(Oc1cccc(C2(c3ccsc3)CC(O)=C(Sc3ccccc3Cl)C(=O)N2)n1)c1ccc(F)cc1. The summed E-state index contributed by atoms with van der Waals surface area (Å²) in [7, 11) is 0. The lowest BCUT2D eigenvalue weighted by atomic mass is 9.82. The number of hydrogen-bond acceptors (Lipinski definition) is 6. The van der Waals surface area contributed by atoms with Gasteiger partial charge in [0.15, 0.2) is 0 Å². The van der Waals surface area contributed by atoms with Gasteiger partial charge in [-0.3, -0.25) is 4.79 Å². The van der Waals surface area contributed by atoms with Crippen LogP contribution in [0.3, 0.4) is 0 Å². The van der Waals surface area contributed by atoms with Crippen LogP contribution in [0.5, 0.6) is 5.88 Å². The number of ether oxygens (including phenoxy) is 1. The molecule has 5 rings (SSSR count). The molecule has 0 saturated heterocycles. The third-order valence-corrected chi connectivity index (χ3v) is 8.41. The minimum atomic E-state index is -1.09. The fraction of sp³-hybridized carbons (Fsp3) is 0.143. The minimum absolute atomic E-state index is 0.0485. The zero-order chi connectivity index (χ0) is 26.0. The maximum absolute atomic E-state index is 13.4. The Hall–Kier alpha value is -3.33. The number of hydrogen-bond donors (Lipinski definition) is 2. The molecule has 0 bridgehead atoms. The summed E-state index contributed by atoms with van der Waals surface area (Å²) in [6, 6.07) is 20.5. The van der Waals surface area contributed by atoms with Crippen LogP contribution in [0.1, 0.15) is 36.3 Å². The molecule has 0 aliphatic carbocycles. The smallest absolute Gasteiger partial charge is 0.262 e. The third-order valence-electron chi connectivity index (χ3n) is 6.09. The van der Waals surface area contributed by atoms with Crippen LogP contribution in [-0.2, 0) is 10.3 Å². The van der Waals surface area contributed by atoms with E-state index in [1.54, 1.807) is 48.5 Å². The van der Waals surface area contributed by atoms with E-state index in [1.165, 1.54) is 23.5 Å². The third kappa shape index (κ3) is 5.23. The molecule has 2 N–H and O–H groups in total. The molecular formula is C28H22ClFN2O3S2. The summed E-state index contributed by atoms with van der Waals surface area (Å²) in [6.07, 6.45) is -0.278. The Labute approximate surface area is 227 Å². The maximum atomic E-state index is 13.4. The molecule has 2 aromatic carbocycles. The van der Waals surface area contributed by atoms with E-state index in [9.17, 15) is 14.3 Å². The topological polar surface area (TPSA) is 71.5 Å². The van der Waals surface area contributed by atoms with Crippen molar-refractivity contribution in [3.05, 3.63) is 122 Å². The first-order valence-corrected chi connectivity index (χ1v) is 13.6. The zero-order valence-electron chi connectivity index (χ0n) is 19.7. The van der Waals surface area contributed by atoms with E-state index >= 15 is 0 Å². The number of aliphatic hydroxyl groups is 1. The van der Waals surface area contributed by atoms with E-state index in [2.05, 4.69) is 5.32 Å². The van der Waals surface area contributed by atoms with Crippen LogP contribution in [0.2, 0.25) is 5.02 Å². The van der Waals surface area contributed by atoms with Gasteiger partial charge in [0, 0.05) is 17.4 Å². The van der Waals surface area contributed by atoms with Crippen LogP contribution in [0.15, 0.2) is 99.1 Å². The lowest BCUT2D eigenvalue weighted by molar-refractivity contribution is -0.119. The number of aliphatic hydroxyl groups excluding tert-OH is 1. The molecule has 2 unspecified atom stereocenters. The fourth-order valence-electron chi connectivity index (χ4n) is 4.19. The molecule has 1 aliphatic rings. The number of halogens is 2. The van der Waals surface area contributed by atoms with E-state index in [4.69, 9.17) is 21.3 Å². The summed E-state index contributed by atoms with van der Waals surface area (Å²) in [6.45, 7) is 1.85. The van der Waals surface area contributed by atoms with Gasteiger partial charge in [-0.25, -0.2) is 9.37 Å². The normalized spacial score (nSPS) is 18.4. The van der Waals surface area contributed by atoms with Crippen LogP contribution in [-0.4, -0.2) is 16.0 Å². The van der Waals surface area contributed by atoms with E-state index in [0.29, 0.717) is 21.5 Å². The number of rotatable bonds is 7. The van der Waals surface area contributed by atoms with Crippen molar-refractivity contribution in [2.75, 3.05) is 0 Å². The summed E-state index contributed by atoms with van der Waals surface area (Å²) in [4.78, 5) is 19.0. The van der Waals surface area contributed by atoms with Gasteiger partial charge in [0.1, 0.15) is 28.1 Å². The average Bonchev–Trinajstić information content (AvgIpc) is 3.43. The predicted molar refractivity (Wildman–Crippen MR) is 145 cm³/mol. The lowest BCUT2D eigenvalue weighted by Gasteiger charge is -2.37. The number of aromatic nitrogens is 1. The number of thiophene rings is 1. The fourth-order valence-corrected chi connectivity index (χ4v) is 6.03. The molecule has 1 amide bonds. The largest absolute Gasteiger partial charge is 0.511 e. The molecule has 0 radical (unpaired) electrons.